The molecule has 0 bridgehead atoms. The Labute approximate surface area is 156 Å². The number of carbonyl (C=O) groups is 1. The van der Waals surface area contributed by atoms with E-state index < -0.39 is 5.82 Å². The maximum atomic E-state index is 14.4. The van der Waals surface area contributed by atoms with E-state index in [-0.39, 0.29) is 29.4 Å². The average Bonchev–Trinajstić information content (AvgIpc) is 3.11. The summed E-state index contributed by atoms with van der Waals surface area (Å²) in [6, 6.07) is 0.761. The van der Waals surface area contributed by atoms with E-state index in [2.05, 4.69) is 20.6 Å². The molecule has 1 fully saturated rings. The predicted molar refractivity (Wildman–Crippen MR) is 96.3 cm³/mol. The van der Waals surface area contributed by atoms with Crippen LogP contribution in [-0.4, -0.2) is 34.7 Å². The molecular weight excluding hydrogens is 349 g/mol. The molecule has 0 spiro atoms. The summed E-state index contributed by atoms with van der Waals surface area (Å²) in [6.45, 7) is 0.621. The third-order valence-corrected chi connectivity index (χ3v) is 5.13. The number of halogens is 1. The van der Waals surface area contributed by atoms with Gasteiger partial charge < -0.3 is 10.2 Å². The number of carbonyl (C=O) groups excluding carboxylic acids is 1. The molecule has 3 aliphatic rings. The molecule has 1 aliphatic heterocycles. The number of pyridine rings is 1. The summed E-state index contributed by atoms with van der Waals surface area (Å²) in [5.74, 6) is -0.760. The molecule has 1 aromatic rings. The first-order chi connectivity index (χ1) is 13.2. The van der Waals surface area contributed by atoms with E-state index in [0.717, 1.165) is 18.9 Å². The second-order valence-electron chi connectivity index (χ2n) is 7.07. The highest BCUT2D eigenvalue weighted by Crippen LogP contribution is 2.26. The molecule has 1 saturated carbocycles. The molecule has 2 atom stereocenters. The van der Waals surface area contributed by atoms with Gasteiger partial charge in [-0.2, -0.15) is 5.11 Å². The van der Waals surface area contributed by atoms with E-state index in [9.17, 15) is 9.18 Å². The van der Waals surface area contributed by atoms with E-state index in [0.29, 0.717) is 12.5 Å². The molecule has 1 N–H and O–H groups in total. The summed E-state index contributed by atoms with van der Waals surface area (Å²) in [6.07, 6.45) is 14.8. The Morgan fingerprint density at radius 2 is 2.07 bits per heavy atom. The summed E-state index contributed by atoms with van der Waals surface area (Å²) in [5.41, 5.74) is 0.178. The first-order valence-corrected chi connectivity index (χ1v) is 9.37. The minimum Gasteiger partial charge on any atom is -0.352 e. The Bertz CT molecular complexity index is 788. The molecule has 2 aliphatic carbocycles. The van der Waals surface area contributed by atoms with E-state index in [1.54, 1.807) is 0 Å². The van der Waals surface area contributed by atoms with Crippen molar-refractivity contribution in [3.8, 4) is 5.88 Å². The van der Waals surface area contributed by atoms with Gasteiger partial charge in [0.25, 0.3) is 11.8 Å². The van der Waals surface area contributed by atoms with Gasteiger partial charge in [-0.25, -0.2) is 9.37 Å². The summed E-state index contributed by atoms with van der Waals surface area (Å²) in [7, 11) is 0. The van der Waals surface area contributed by atoms with Crippen LogP contribution in [0.4, 0.5) is 4.39 Å². The first-order valence-electron chi connectivity index (χ1n) is 9.37. The van der Waals surface area contributed by atoms with Crippen LogP contribution in [0.1, 0.15) is 42.5 Å². The molecule has 0 aromatic carbocycles. The van der Waals surface area contributed by atoms with E-state index in [4.69, 9.17) is 4.84 Å². The van der Waals surface area contributed by atoms with Crippen molar-refractivity contribution in [3.05, 3.63) is 47.9 Å². The zero-order chi connectivity index (χ0) is 18.6. The van der Waals surface area contributed by atoms with E-state index in [1.807, 2.05) is 24.3 Å². The Morgan fingerprint density at radius 3 is 2.89 bits per heavy atom. The molecule has 142 valence electrons. The molecule has 2 heterocycles. The highest BCUT2D eigenvalue weighted by Gasteiger charge is 2.33. The van der Waals surface area contributed by atoms with Gasteiger partial charge in [-0.05, 0) is 30.0 Å². The van der Waals surface area contributed by atoms with Crippen molar-refractivity contribution in [2.24, 2.45) is 16.3 Å². The van der Waals surface area contributed by atoms with Crippen LogP contribution in [-0.2, 0) is 0 Å². The fraction of sp³-hybridized carbons (Fsp3) is 0.474. The summed E-state index contributed by atoms with van der Waals surface area (Å²) < 4.78 is 14.4. The summed E-state index contributed by atoms with van der Waals surface area (Å²) in [4.78, 5) is 21.7. The molecular formula is C19H22FN5O2. The predicted octanol–water partition coefficient (Wildman–Crippen LogP) is 3.37. The normalized spacial score (nSPS) is 24.1. The number of rotatable bonds is 5. The molecule has 8 heteroatoms. The molecule has 0 saturated heterocycles. The van der Waals surface area contributed by atoms with Gasteiger partial charge in [0.1, 0.15) is 12.1 Å². The van der Waals surface area contributed by atoms with Crippen LogP contribution in [0.3, 0.4) is 0 Å². The monoisotopic (exact) mass is 371 g/mol. The number of nitrogens with one attached hydrogen (secondary N) is 1. The van der Waals surface area contributed by atoms with Crippen molar-refractivity contribution < 1.29 is 14.0 Å². The third-order valence-electron chi connectivity index (χ3n) is 5.13. The zero-order valence-electron chi connectivity index (χ0n) is 14.9. The van der Waals surface area contributed by atoms with Crippen molar-refractivity contribution in [1.29, 1.82) is 0 Å². The first kappa shape index (κ1) is 17.6. The highest BCUT2D eigenvalue weighted by atomic mass is 19.1. The maximum absolute atomic E-state index is 14.4. The number of hydrogen-bond donors (Lipinski definition) is 1. The number of amides is 1. The molecule has 2 unspecified atom stereocenters. The van der Waals surface area contributed by atoms with Gasteiger partial charge in [0.15, 0.2) is 5.82 Å². The Balaban J connectivity index is 1.36. The summed E-state index contributed by atoms with van der Waals surface area (Å²) in [5, 5.41) is 12.1. The molecule has 4 rings (SSSR count). The van der Waals surface area contributed by atoms with E-state index in [1.165, 1.54) is 30.6 Å². The number of fused-ring (bicyclic) bond motifs is 1. The Kier molecular flexibility index (Phi) is 5.13. The second kappa shape index (κ2) is 7.85. The molecule has 7 nitrogen and oxygen atoms in total. The number of hydroxylamine groups is 1. The lowest BCUT2D eigenvalue weighted by Crippen LogP contribution is -2.35. The van der Waals surface area contributed by atoms with Crippen LogP contribution in [0.5, 0.6) is 5.88 Å². The SMILES string of the molecule is O=C(NCC1CCCCC1)c1cnc(ON2N=NC3C=CC=CC32)c(F)c1. The molecule has 0 radical (unpaired) electrons. The van der Waals surface area contributed by atoms with Crippen molar-refractivity contribution in [1.82, 2.24) is 15.5 Å². The maximum Gasteiger partial charge on any atom is 0.284 e. The van der Waals surface area contributed by atoms with Gasteiger partial charge in [0.05, 0.1) is 5.56 Å². The number of allylic oxidation sites excluding steroid dienone is 2. The van der Waals surface area contributed by atoms with Crippen LogP contribution in [0.25, 0.3) is 0 Å². The third kappa shape index (κ3) is 3.99. The lowest BCUT2D eigenvalue weighted by molar-refractivity contribution is -0.0780. The fourth-order valence-corrected chi connectivity index (χ4v) is 3.58. The van der Waals surface area contributed by atoms with E-state index >= 15 is 0 Å². The van der Waals surface area contributed by atoms with Gasteiger partial charge >= 0.3 is 0 Å². The number of hydrogen-bond acceptors (Lipinski definition) is 6. The van der Waals surface area contributed by atoms with Gasteiger partial charge in [-0.1, -0.05) is 48.7 Å². The summed E-state index contributed by atoms with van der Waals surface area (Å²) >= 11 is 0. The van der Waals surface area contributed by atoms with Crippen LogP contribution in [0, 0.1) is 11.7 Å². The van der Waals surface area contributed by atoms with Gasteiger partial charge in [0.2, 0.25) is 0 Å². The molecule has 1 aromatic heterocycles. The minimum absolute atomic E-state index is 0.150. The highest BCUT2D eigenvalue weighted by molar-refractivity contribution is 5.93. The quantitative estimate of drug-likeness (QED) is 0.861. The van der Waals surface area contributed by atoms with Gasteiger partial charge in [0, 0.05) is 12.7 Å². The van der Waals surface area contributed by atoms with Crippen molar-refractivity contribution in [2.45, 2.75) is 44.2 Å². The minimum atomic E-state index is -0.714. The molecule has 1 amide bonds. The number of aromatic nitrogens is 1. The van der Waals surface area contributed by atoms with Crippen LogP contribution in [0.2, 0.25) is 0 Å². The average molecular weight is 371 g/mol. The standard InChI is InChI=1S/C19H22FN5O2/c20-15-10-14(18(26)21-11-13-6-2-1-3-7-13)12-22-19(15)27-25-17-9-5-4-8-16(17)23-24-25/h4-5,8-10,12-13,16-17H,1-3,6-7,11H2,(H,21,26). The van der Waals surface area contributed by atoms with Gasteiger partial charge in [-0.15, -0.1) is 0 Å². The molecule has 27 heavy (non-hydrogen) atoms. The van der Waals surface area contributed by atoms with Crippen molar-refractivity contribution in [3.63, 3.8) is 0 Å². The Hall–Kier alpha value is -2.77. The fourth-order valence-electron chi connectivity index (χ4n) is 3.58. The van der Waals surface area contributed by atoms with Gasteiger partial charge in [-0.3, -0.25) is 4.79 Å². The second-order valence-corrected chi connectivity index (χ2v) is 7.07. The Morgan fingerprint density at radius 1 is 1.26 bits per heavy atom. The number of nitrogens with zero attached hydrogens (tertiary/aromatic N) is 4. The lowest BCUT2D eigenvalue weighted by atomic mass is 9.89. The lowest BCUT2D eigenvalue weighted by Gasteiger charge is -2.22. The van der Waals surface area contributed by atoms with Crippen molar-refractivity contribution in [2.75, 3.05) is 6.54 Å². The van der Waals surface area contributed by atoms with Crippen LogP contribution in [0.15, 0.2) is 46.9 Å². The topological polar surface area (TPSA) is 79.2 Å². The van der Waals surface area contributed by atoms with Crippen LogP contribution >= 0.6 is 0 Å². The van der Waals surface area contributed by atoms with Crippen molar-refractivity contribution >= 4 is 5.91 Å². The largest absolute Gasteiger partial charge is 0.352 e. The van der Waals surface area contributed by atoms with Crippen LogP contribution < -0.4 is 10.2 Å². The smallest absolute Gasteiger partial charge is 0.284 e. The zero-order valence-corrected chi connectivity index (χ0v) is 14.9.